The van der Waals surface area contributed by atoms with Gasteiger partial charge in [0.2, 0.25) is 12.6 Å². The normalized spacial score (nSPS) is 12.4. The molecule has 1 aliphatic heterocycles. The minimum absolute atomic E-state index is 0.209. The van der Waals surface area contributed by atoms with E-state index in [9.17, 15) is 4.79 Å². The molecule has 0 N–H and O–H groups in total. The van der Waals surface area contributed by atoms with Gasteiger partial charge in [-0.2, -0.15) is 9.78 Å². The van der Waals surface area contributed by atoms with Gasteiger partial charge < -0.3 is 23.4 Å². The fourth-order valence-corrected chi connectivity index (χ4v) is 5.73. The Morgan fingerprint density at radius 2 is 1.86 bits per heavy atom. The number of ether oxygens (including phenoxy) is 4. The van der Waals surface area contributed by atoms with E-state index in [1.807, 2.05) is 54.6 Å². The Kier molecular flexibility index (Phi) is 7.12. The van der Waals surface area contributed by atoms with E-state index in [2.05, 4.69) is 37.0 Å². The predicted molar refractivity (Wildman–Crippen MR) is 169 cm³/mol. The molecule has 4 aromatic carbocycles. The van der Waals surface area contributed by atoms with Crippen molar-refractivity contribution in [3.05, 3.63) is 109 Å². The van der Waals surface area contributed by atoms with Crippen LogP contribution < -0.4 is 24.5 Å². The highest BCUT2D eigenvalue weighted by Gasteiger charge is 2.18. The van der Waals surface area contributed by atoms with Crippen LogP contribution in [0.4, 0.5) is 0 Å². The van der Waals surface area contributed by atoms with E-state index >= 15 is 0 Å². The molecule has 7 rings (SSSR count). The number of aromatic nitrogens is 2. The van der Waals surface area contributed by atoms with Crippen molar-refractivity contribution >= 4 is 59.9 Å². The maximum Gasteiger partial charge on any atom is 0.282 e. The lowest BCUT2D eigenvalue weighted by Crippen LogP contribution is -2.20. The lowest BCUT2D eigenvalue weighted by atomic mass is 10.2. The summed E-state index contributed by atoms with van der Waals surface area (Å²) in [6.07, 6.45) is 1.56. The van der Waals surface area contributed by atoms with Gasteiger partial charge in [0.1, 0.15) is 12.2 Å². The number of rotatable bonds is 7. The average molecular weight is 703 g/mol. The molecule has 0 spiro atoms. The van der Waals surface area contributed by atoms with E-state index in [-0.39, 0.29) is 24.8 Å². The zero-order valence-corrected chi connectivity index (χ0v) is 25.7. The first-order valence-corrected chi connectivity index (χ1v) is 14.7. The monoisotopic (exact) mass is 701 g/mol. The molecule has 214 valence electrons. The molecule has 43 heavy (non-hydrogen) atoms. The molecule has 11 heteroatoms. The molecular formula is C32H21Br2N3O6. The highest BCUT2D eigenvalue weighted by atomic mass is 79.9. The summed E-state index contributed by atoms with van der Waals surface area (Å²) in [5, 5.41) is 5.87. The summed E-state index contributed by atoms with van der Waals surface area (Å²) in [5.74, 6) is 3.11. The Labute approximate surface area is 261 Å². The molecule has 0 bridgehead atoms. The molecule has 1 aliphatic rings. The maximum absolute atomic E-state index is 13.6. The van der Waals surface area contributed by atoms with Crippen molar-refractivity contribution in [3.8, 4) is 34.6 Å². The van der Waals surface area contributed by atoms with Crippen LogP contribution in [0.2, 0.25) is 0 Å². The molecule has 0 saturated heterocycles. The average Bonchev–Trinajstić information content (AvgIpc) is 3.66. The number of hydrogen-bond acceptors (Lipinski definition) is 8. The molecular weight excluding hydrogens is 682 g/mol. The number of furan rings is 1. The number of nitrogens with zero attached hydrogens (tertiary/aromatic N) is 3. The Morgan fingerprint density at radius 1 is 1.00 bits per heavy atom. The van der Waals surface area contributed by atoms with Gasteiger partial charge in [-0.3, -0.25) is 4.79 Å². The fourth-order valence-electron chi connectivity index (χ4n) is 4.78. The lowest BCUT2D eigenvalue weighted by Gasteiger charge is -2.14. The van der Waals surface area contributed by atoms with Crippen LogP contribution in [0.25, 0.3) is 33.5 Å². The summed E-state index contributed by atoms with van der Waals surface area (Å²) >= 11 is 7.09. The summed E-state index contributed by atoms with van der Waals surface area (Å²) in [6, 6.07) is 23.9. The van der Waals surface area contributed by atoms with E-state index in [0.717, 1.165) is 15.4 Å². The van der Waals surface area contributed by atoms with Crippen LogP contribution in [0, 0.1) is 0 Å². The van der Waals surface area contributed by atoms with Gasteiger partial charge in [0, 0.05) is 9.86 Å². The molecule has 3 heterocycles. The summed E-state index contributed by atoms with van der Waals surface area (Å²) < 4.78 is 31.5. The van der Waals surface area contributed by atoms with Crippen LogP contribution in [0.3, 0.4) is 0 Å². The third-order valence-corrected chi connectivity index (χ3v) is 7.93. The first-order valence-electron chi connectivity index (χ1n) is 13.1. The van der Waals surface area contributed by atoms with Gasteiger partial charge in [0.15, 0.2) is 28.8 Å². The Balaban J connectivity index is 1.24. The topological polar surface area (TPSA) is 97.3 Å². The molecule has 0 atom stereocenters. The molecule has 9 nitrogen and oxygen atoms in total. The van der Waals surface area contributed by atoms with Crippen molar-refractivity contribution in [2.75, 3.05) is 13.9 Å². The maximum atomic E-state index is 13.6. The zero-order chi connectivity index (χ0) is 29.5. The van der Waals surface area contributed by atoms with Gasteiger partial charge in [-0.15, -0.1) is 0 Å². The molecule has 0 saturated carbocycles. The van der Waals surface area contributed by atoms with Crippen LogP contribution in [-0.4, -0.2) is 29.8 Å². The molecule has 0 radical (unpaired) electrons. The van der Waals surface area contributed by atoms with Crippen molar-refractivity contribution in [2.45, 2.75) is 6.61 Å². The summed E-state index contributed by atoms with van der Waals surface area (Å²) in [5.41, 5.74) is 2.47. The summed E-state index contributed by atoms with van der Waals surface area (Å²) in [7, 11) is 1.56. The van der Waals surface area contributed by atoms with E-state index in [1.165, 1.54) is 4.68 Å². The first kappa shape index (κ1) is 27.2. The second-order valence-corrected chi connectivity index (χ2v) is 11.4. The fraction of sp³-hybridized carbons (Fsp3) is 0.0938. The van der Waals surface area contributed by atoms with Crippen molar-refractivity contribution in [1.82, 2.24) is 9.66 Å². The van der Waals surface area contributed by atoms with Crippen LogP contribution in [0.15, 0.2) is 102 Å². The highest BCUT2D eigenvalue weighted by molar-refractivity contribution is 9.10. The molecule has 6 aromatic rings. The Bertz CT molecular complexity index is 2120. The number of benzene rings is 4. The molecule has 0 aliphatic carbocycles. The predicted octanol–water partition coefficient (Wildman–Crippen LogP) is 7.53. The quantitative estimate of drug-likeness (QED) is 0.159. The second kappa shape index (κ2) is 11.2. The SMILES string of the molecule is COc1cc(C=Nn2c(-c3cc4cc(Br)ccc4o3)nc3ccccc3c2=O)cc(Br)c1OCc1ccc2c(c1)OCO2. The van der Waals surface area contributed by atoms with Crippen LogP contribution in [0.5, 0.6) is 23.0 Å². The minimum Gasteiger partial charge on any atom is -0.493 e. The van der Waals surface area contributed by atoms with Gasteiger partial charge in [0.25, 0.3) is 5.56 Å². The van der Waals surface area contributed by atoms with Gasteiger partial charge in [-0.05, 0) is 87.7 Å². The Morgan fingerprint density at radius 3 is 2.74 bits per heavy atom. The third kappa shape index (κ3) is 5.26. The van der Waals surface area contributed by atoms with Crippen molar-refractivity contribution in [2.24, 2.45) is 5.10 Å². The number of hydrogen-bond donors (Lipinski definition) is 0. The summed E-state index contributed by atoms with van der Waals surface area (Å²) in [6.45, 7) is 0.496. The van der Waals surface area contributed by atoms with E-state index in [0.29, 0.717) is 55.3 Å². The van der Waals surface area contributed by atoms with Gasteiger partial charge in [0.05, 0.1) is 28.7 Å². The number of fused-ring (bicyclic) bond motifs is 3. The van der Waals surface area contributed by atoms with E-state index < -0.39 is 0 Å². The standard InChI is InChI=1S/C32H21Br2N3O6/c1-39-28-12-19(10-23(34)30(28)40-16-18-6-8-26-27(11-18)42-17-41-26)15-35-37-31(36-24-5-3-2-4-22(24)32(37)38)29-14-20-13-21(33)7-9-25(20)43-29/h2-15H,16-17H2,1H3. The summed E-state index contributed by atoms with van der Waals surface area (Å²) in [4.78, 5) is 18.4. The van der Waals surface area contributed by atoms with Crippen molar-refractivity contribution < 1.29 is 23.4 Å². The van der Waals surface area contributed by atoms with Crippen LogP contribution >= 0.6 is 31.9 Å². The first-order chi connectivity index (χ1) is 21.0. The smallest absolute Gasteiger partial charge is 0.282 e. The number of methoxy groups -OCH3 is 1. The Hall–Kier alpha value is -4.61. The molecule has 2 aromatic heterocycles. The van der Waals surface area contributed by atoms with Gasteiger partial charge in [-0.25, -0.2) is 4.98 Å². The van der Waals surface area contributed by atoms with Crippen LogP contribution in [0.1, 0.15) is 11.1 Å². The largest absolute Gasteiger partial charge is 0.493 e. The van der Waals surface area contributed by atoms with Crippen molar-refractivity contribution in [3.63, 3.8) is 0 Å². The molecule has 0 amide bonds. The third-order valence-electron chi connectivity index (χ3n) is 6.85. The minimum atomic E-state index is -0.326. The molecule has 0 fully saturated rings. The van der Waals surface area contributed by atoms with Crippen molar-refractivity contribution in [1.29, 1.82) is 0 Å². The van der Waals surface area contributed by atoms with E-state index in [4.69, 9.17) is 28.3 Å². The van der Waals surface area contributed by atoms with E-state index in [1.54, 1.807) is 37.6 Å². The second-order valence-electron chi connectivity index (χ2n) is 9.62. The highest BCUT2D eigenvalue weighted by Crippen LogP contribution is 2.38. The lowest BCUT2D eigenvalue weighted by molar-refractivity contribution is 0.174. The van der Waals surface area contributed by atoms with Gasteiger partial charge in [-0.1, -0.05) is 34.1 Å². The van der Waals surface area contributed by atoms with Gasteiger partial charge >= 0.3 is 0 Å². The van der Waals surface area contributed by atoms with Crippen LogP contribution in [-0.2, 0) is 6.61 Å². The number of halogens is 2. The number of para-hydroxylation sites is 1. The zero-order valence-electron chi connectivity index (χ0n) is 22.5. The molecule has 0 unspecified atom stereocenters.